The second kappa shape index (κ2) is 10.0. The number of fused-ring (bicyclic) bond motifs is 1. The van der Waals surface area contributed by atoms with Crippen LogP contribution in [0.4, 0.5) is 5.69 Å². The maximum atomic E-state index is 13.4. The lowest BCUT2D eigenvalue weighted by atomic mass is 9.84. The number of hydrogen-bond donors (Lipinski definition) is 2. The van der Waals surface area contributed by atoms with Crippen molar-refractivity contribution < 1.29 is 14.3 Å². The third-order valence-electron chi connectivity index (χ3n) is 7.26. The van der Waals surface area contributed by atoms with Crippen molar-refractivity contribution in [1.29, 1.82) is 5.26 Å². The summed E-state index contributed by atoms with van der Waals surface area (Å²) in [6, 6.07) is 4.41. The number of nitrogens with zero attached hydrogens (tertiary/aromatic N) is 4. The van der Waals surface area contributed by atoms with Crippen molar-refractivity contribution in [2.24, 2.45) is 18.9 Å². The first-order valence-electron chi connectivity index (χ1n) is 12.2. The largest absolute Gasteiger partial charge is 0.381 e. The fourth-order valence-corrected chi connectivity index (χ4v) is 5.44. The van der Waals surface area contributed by atoms with Crippen LogP contribution in [0.25, 0.3) is 10.9 Å². The maximum absolute atomic E-state index is 13.4. The summed E-state index contributed by atoms with van der Waals surface area (Å²) < 4.78 is 7.28. The number of amides is 2. The van der Waals surface area contributed by atoms with E-state index in [1.807, 2.05) is 20.9 Å². The van der Waals surface area contributed by atoms with Gasteiger partial charge in [0.25, 0.3) is 5.91 Å². The van der Waals surface area contributed by atoms with Crippen molar-refractivity contribution in [3.05, 3.63) is 23.4 Å². The molecule has 2 saturated heterocycles. The van der Waals surface area contributed by atoms with E-state index in [0.29, 0.717) is 30.9 Å². The molecule has 3 heterocycles. The van der Waals surface area contributed by atoms with Crippen LogP contribution in [0.1, 0.15) is 56.0 Å². The Morgan fingerprint density at radius 1 is 1.38 bits per heavy atom. The predicted octanol–water partition coefficient (Wildman–Crippen LogP) is 2.34. The fourth-order valence-electron chi connectivity index (χ4n) is 5.44. The molecule has 0 radical (unpaired) electrons. The van der Waals surface area contributed by atoms with Crippen LogP contribution in [0.5, 0.6) is 0 Å². The van der Waals surface area contributed by atoms with E-state index < -0.39 is 0 Å². The lowest BCUT2D eigenvalue weighted by Gasteiger charge is -2.36. The lowest BCUT2D eigenvalue weighted by molar-refractivity contribution is -0.129. The van der Waals surface area contributed by atoms with Gasteiger partial charge in [-0.05, 0) is 45.1 Å². The van der Waals surface area contributed by atoms with Crippen LogP contribution in [0, 0.1) is 23.2 Å². The van der Waals surface area contributed by atoms with Gasteiger partial charge in [0.1, 0.15) is 6.07 Å². The van der Waals surface area contributed by atoms with E-state index in [-0.39, 0.29) is 42.3 Å². The van der Waals surface area contributed by atoms with E-state index in [0.717, 1.165) is 35.9 Å². The molecule has 2 aliphatic heterocycles. The van der Waals surface area contributed by atoms with Gasteiger partial charge in [0.15, 0.2) is 0 Å². The molecule has 34 heavy (non-hydrogen) atoms. The highest BCUT2D eigenvalue weighted by Gasteiger charge is 2.33. The zero-order valence-corrected chi connectivity index (χ0v) is 20.4. The van der Waals surface area contributed by atoms with Crippen LogP contribution in [-0.2, 0) is 16.6 Å². The SMILES string of the molecule is CCN(c1c(C#N)c(C(=O)NCC2C(=O)NC(C)CC2C)cc2c1cnn2C)C1CCOCC1. The molecule has 0 bridgehead atoms. The van der Waals surface area contributed by atoms with Crippen molar-refractivity contribution in [1.82, 2.24) is 20.4 Å². The van der Waals surface area contributed by atoms with E-state index in [4.69, 9.17) is 4.74 Å². The van der Waals surface area contributed by atoms with Gasteiger partial charge >= 0.3 is 0 Å². The molecule has 2 aromatic rings. The minimum Gasteiger partial charge on any atom is -0.381 e. The van der Waals surface area contributed by atoms with Gasteiger partial charge in [-0.3, -0.25) is 14.3 Å². The van der Waals surface area contributed by atoms with Crippen LogP contribution in [0.3, 0.4) is 0 Å². The monoisotopic (exact) mass is 466 g/mol. The zero-order chi connectivity index (χ0) is 24.4. The first-order chi connectivity index (χ1) is 16.3. The molecular formula is C25H34N6O3. The topological polar surface area (TPSA) is 112 Å². The third kappa shape index (κ3) is 4.47. The molecule has 3 unspecified atom stereocenters. The van der Waals surface area contributed by atoms with Gasteiger partial charge in [-0.15, -0.1) is 0 Å². The number of aromatic nitrogens is 2. The molecular weight excluding hydrogens is 432 g/mol. The Balaban J connectivity index is 1.70. The van der Waals surface area contributed by atoms with E-state index >= 15 is 0 Å². The highest BCUT2D eigenvalue weighted by Crippen LogP contribution is 2.36. The second-order valence-electron chi connectivity index (χ2n) is 9.53. The van der Waals surface area contributed by atoms with E-state index in [1.54, 1.807) is 16.9 Å². The van der Waals surface area contributed by atoms with E-state index in [2.05, 4.69) is 33.6 Å². The molecule has 2 amide bonds. The van der Waals surface area contributed by atoms with Gasteiger partial charge in [-0.2, -0.15) is 10.4 Å². The summed E-state index contributed by atoms with van der Waals surface area (Å²) in [5.74, 6) is -0.507. The van der Waals surface area contributed by atoms with Gasteiger partial charge in [0.05, 0.1) is 34.4 Å². The molecule has 0 saturated carbocycles. The van der Waals surface area contributed by atoms with Gasteiger partial charge in [-0.1, -0.05) is 6.92 Å². The molecule has 2 aliphatic rings. The number of anilines is 1. The van der Waals surface area contributed by atoms with Crippen molar-refractivity contribution in [3.8, 4) is 6.07 Å². The first-order valence-corrected chi connectivity index (χ1v) is 12.2. The summed E-state index contributed by atoms with van der Waals surface area (Å²) in [4.78, 5) is 28.1. The van der Waals surface area contributed by atoms with Crippen LogP contribution >= 0.6 is 0 Å². The smallest absolute Gasteiger partial charge is 0.252 e. The summed E-state index contributed by atoms with van der Waals surface area (Å²) in [7, 11) is 1.83. The van der Waals surface area contributed by atoms with Crippen molar-refractivity contribution in [2.75, 3.05) is 31.2 Å². The minimum atomic E-state index is -0.345. The number of benzene rings is 1. The number of hydrogen-bond acceptors (Lipinski definition) is 6. The van der Waals surface area contributed by atoms with Crippen molar-refractivity contribution in [3.63, 3.8) is 0 Å². The van der Waals surface area contributed by atoms with Gasteiger partial charge in [0, 0.05) is 50.8 Å². The third-order valence-corrected chi connectivity index (χ3v) is 7.26. The van der Waals surface area contributed by atoms with Gasteiger partial charge < -0.3 is 20.3 Å². The summed E-state index contributed by atoms with van der Waals surface area (Å²) in [6.45, 7) is 8.39. The van der Waals surface area contributed by atoms with E-state index in [1.165, 1.54) is 0 Å². The summed E-state index contributed by atoms with van der Waals surface area (Å²) >= 11 is 0. The molecule has 2 fully saturated rings. The van der Waals surface area contributed by atoms with E-state index in [9.17, 15) is 14.9 Å². The average molecular weight is 467 g/mol. The Morgan fingerprint density at radius 3 is 2.76 bits per heavy atom. The number of nitrogens with one attached hydrogen (secondary N) is 2. The highest BCUT2D eigenvalue weighted by molar-refractivity contribution is 6.06. The average Bonchev–Trinajstić information content (AvgIpc) is 3.19. The van der Waals surface area contributed by atoms with Crippen molar-refractivity contribution in [2.45, 2.75) is 52.1 Å². The Morgan fingerprint density at radius 2 is 2.12 bits per heavy atom. The number of carbonyl (C=O) groups excluding carboxylic acids is 2. The van der Waals surface area contributed by atoms with Crippen LogP contribution in [-0.4, -0.2) is 60.0 Å². The number of aryl methyl sites for hydroxylation is 1. The van der Waals surface area contributed by atoms with Gasteiger partial charge in [0.2, 0.25) is 5.91 Å². The standard InChI is InChI=1S/C25H34N6O3/c1-5-31(17-6-8-34-9-7-17)23-19(12-26)18(11-22-21(23)14-28-30(22)4)24(32)27-13-20-15(2)10-16(3)29-25(20)33/h11,14-17,20H,5-10,13H2,1-4H3,(H,27,32)(H,29,33). The number of rotatable bonds is 6. The van der Waals surface area contributed by atoms with Gasteiger partial charge in [-0.25, -0.2) is 0 Å². The first kappa shape index (κ1) is 24.0. The van der Waals surface area contributed by atoms with Crippen molar-refractivity contribution >= 4 is 28.4 Å². The quantitative estimate of drug-likeness (QED) is 0.676. The molecule has 2 N–H and O–H groups in total. The number of carbonyl (C=O) groups is 2. The molecule has 3 atom stereocenters. The molecule has 0 aliphatic carbocycles. The Kier molecular flexibility index (Phi) is 7.08. The molecule has 4 rings (SSSR count). The fraction of sp³-hybridized carbons (Fsp3) is 0.600. The lowest BCUT2D eigenvalue weighted by Crippen LogP contribution is -2.50. The minimum absolute atomic E-state index is 0.0356. The summed E-state index contributed by atoms with van der Waals surface area (Å²) in [5, 5.41) is 21.4. The summed E-state index contributed by atoms with van der Waals surface area (Å²) in [6.07, 6.45) is 4.37. The molecule has 9 nitrogen and oxygen atoms in total. The normalized spacial score (nSPS) is 23.4. The Hall–Kier alpha value is -3.12. The Bertz CT molecular complexity index is 1110. The van der Waals surface area contributed by atoms with Crippen LogP contribution in [0.15, 0.2) is 12.3 Å². The molecule has 0 spiro atoms. The predicted molar refractivity (Wildman–Crippen MR) is 129 cm³/mol. The van der Waals surface area contributed by atoms with Crippen LogP contribution < -0.4 is 15.5 Å². The number of nitriles is 1. The second-order valence-corrected chi connectivity index (χ2v) is 9.53. The molecule has 1 aromatic heterocycles. The number of piperidine rings is 1. The molecule has 1 aromatic carbocycles. The van der Waals surface area contributed by atoms with Crippen LogP contribution in [0.2, 0.25) is 0 Å². The summed E-state index contributed by atoms with van der Waals surface area (Å²) in [5.41, 5.74) is 2.21. The zero-order valence-electron chi connectivity index (χ0n) is 20.4. The maximum Gasteiger partial charge on any atom is 0.252 e. The number of ether oxygens (including phenoxy) is 1. The Labute approximate surface area is 200 Å². The highest BCUT2D eigenvalue weighted by atomic mass is 16.5. The molecule has 9 heteroatoms. The molecule has 182 valence electrons.